The first kappa shape index (κ1) is 14.9. The smallest absolute Gasteiger partial charge is 0.0868 e. The summed E-state index contributed by atoms with van der Waals surface area (Å²) in [7, 11) is 1.93. The van der Waals surface area contributed by atoms with E-state index < -0.39 is 0 Å². The van der Waals surface area contributed by atoms with Crippen LogP contribution in [0.3, 0.4) is 0 Å². The minimum absolute atomic E-state index is 0.558. The summed E-state index contributed by atoms with van der Waals surface area (Å²) in [5, 5.41) is 8.60. The van der Waals surface area contributed by atoms with Gasteiger partial charge in [-0.05, 0) is 30.0 Å². The molecule has 3 nitrogen and oxygen atoms in total. The highest BCUT2D eigenvalue weighted by Crippen LogP contribution is 2.22. The molecule has 0 aliphatic carbocycles. The largest absolute Gasteiger partial charge is 0.379 e. The van der Waals surface area contributed by atoms with Crippen molar-refractivity contribution < 1.29 is 0 Å². The lowest BCUT2D eigenvalue weighted by atomic mass is 10.0. The van der Waals surface area contributed by atoms with Crippen molar-refractivity contribution in [3.8, 4) is 0 Å². The van der Waals surface area contributed by atoms with Crippen molar-refractivity contribution in [2.45, 2.75) is 39.7 Å². The van der Waals surface area contributed by atoms with Gasteiger partial charge in [-0.15, -0.1) is 0 Å². The molecule has 1 heterocycles. The molecule has 0 amide bonds. The van der Waals surface area contributed by atoms with Crippen LogP contribution < -0.4 is 5.32 Å². The van der Waals surface area contributed by atoms with E-state index in [9.17, 15) is 0 Å². The fourth-order valence-electron chi connectivity index (χ4n) is 2.18. The first-order chi connectivity index (χ1) is 9.52. The topological polar surface area (TPSA) is 29.9 Å². The zero-order chi connectivity index (χ0) is 14.7. The lowest BCUT2D eigenvalue weighted by Crippen LogP contribution is -2.06. The van der Waals surface area contributed by atoms with Gasteiger partial charge < -0.3 is 5.32 Å². The van der Waals surface area contributed by atoms with Crippen LogP contribution in [0.25, 0.3) is 0 Å². The molecule has 108 valence electrons. The van der Waals surface area contributed by atoms with Crippen molar-refractivity contribution in [1.82, 2.24) is 9.78 Å². The summed E-state index contributed by atoms with van der Waals surface area (Å²) in [6.45, 7) is 7.15. The monoisotopic (exact) mass is 291 g/mol. The summed E-state index contributed by atoms with van der Waals surface area (Å²) >= 11 is 6.34. The molecule has 1 aromatic carbocycles. The van der Waals surface area contributed by atoms with Crippen molar-refractivity contribution in [3.63, 3.8) is 0 Å². The number of aromatic nitrogens is 2. The molecule has 0 atom stereocenters. The van der Waals surface area contributed by atoms with Crippen LogP contribution in [-0.2, 0) is 20.0 Å². The maximum Gasteiger partial charge on any atom is 0.0868 e. The SMILES string of the molecule is CCc1nn(C)c(CNc2ccc(C(C)C)cc2)c1Cl. The van der Waals surface area contributed by atoms with E-state index >= 15 is 0 Å². The molecule has 0 saturated heterocycles. The van der Waals surface area contributed by atoms with Crippen molar-refractivity contribution in [2.24, 2.45) is 7.05 Å². The van der Waals surface area contributed by atoms with E-state index in [1.807, 2.05) is 11.7 Å². The predicted molar refractivity (Wildman–Crippen MR) is 85.5 cm³/mol. The maximum atomic E-state index is 6.34. The zero-order valence-electron chi connectivity index (χ0n) is 12.6. The quantitative estimate of drug-likeness (QED) is 0.886. The van der Waals surface area contributed by atoms with Gasteiger partial charge in [-0.2, -0.15) is 5.10 Å². The van der Waals surface area contributed by atoms with E-state index in [0.717, 1.165) is 28.5 Å². The molecule has 0 fully saturated rings. The van der Waals surface area contributed by atoms with E-state index in [4.69, 9.17) is 11.6 Å². The summed E-state index contributed by atoms with van der Waals surface area (Å²) in [6, 6.07) is 8.55. The predicted octanol–water partition coefficient (Wildman–Crippen LogP) is 4.37. The van der Waals surface area contributed by atoms with Crippen LogP contribution in [0.4, 0.5) is 5.69 Å². The van der Waals surface area contributed by atoms with Gasteiger partial charge in [0, 0.05) is 12.7 Å². The highest BCUT2D eigenvalue weighted by atomic mass is 35.5. The number of rotatable bonds is 5. The Balaban J connectivity index is 2.07. The van der Waals surface area contributed by atoms with Crippen LogP contribution in [0.1, 0.15) is 43.6 Å². The first-order valence-corrected chi connectivity index (χ1v) is 7.44. The minimum atomic E-state index is 0.558. The number of halogens is 1. The van der Waals surface area contributed by atoms with E-state index in [1.54, 1.807) is 0 Å². The molecule has 2 rings (SSSR count). The molecule has 0 saturated carbocycles. The third-order valence-corrected chi connectivity index (χ3v) is 3.98. The van der Waals surface area contributed by atoms with Crippen molar-refractivity contribution in [2.75, 3.05) is 5.32 Å². The number of anilines is 1. The number of hydrogen-bond donors (Lipinski definition) is 1. The van der Waals surface area contributed by atoms with Gasteiger partial charge in [-0.25, -0.2) is 0 Å². The molecule has 0 aliphatic rings. The number of nitrogens with one attached hydrogen (secondary N) is 1. The second kappa shape index (κ2) is 6.31. The second-order valence-electron chi connectivity index (χ2n) is 5.31. The number of aryl methyl sites for hydroxylation is 2. The average molecular weight is 292 g/mol. The van der Waals surface area contributed by atoms with Gasteiger partial charge in [0.2, 0.25) is 0 Å². The molecule has 0 spiro atoms. The normalized spacial score (nSPS) is 11.1. The van der Waals surface area contributed by atoms with E-state index in [2.05, 4.69) is 55.5 Å². The van der Waals surface area contributed by atoms with Gasteiger partial charge in [-0.3, -0.25) is 4.68 Å². The third kappa shape index (κ3) is 3.15. The summed E-state index contributed by atoms with van der Waals surface area (Å²) in [5.74, 6) is 0.558. The average Bonchev–Trinajstić information content (AvgIpc) is 2.71. The van der Waals surface area contributed by atoms with Gasteiger partial charge in [0.15, 0.2) is 0 Å². The van der Waals surface area contributed by atoms with Crippen molar-refractivity contribution >= 4 is 17.3 Å². The maximum absolute atomic E-state index is 6.34. The molecule has 20 heavy (non-hydrogen) atoms. The zero-order valence-corrected chi connectivity index (χ0v) is 13.3. The second-order valence-corrected chi connectivity index (χ2v) is 5.69. The molecule has 1 aromatic heterocycles. The number of hydrogen-bond acceptors (Lipinski definition) is 2. The van der Waals surface area contributed by atoms with Crippen LogP contribution in [0.5, 0.6) is 0 Å². The van der Waals surface area contributed by atoms with Gasteiger partial charge >= 0.3 is 0 Å². The fourth-order valence-corrected chi connectivity index (χ4v) is 2.54. The van der Waals surface area contributed by atoms with Crippen LogP contribution in [0, 0.1) is 0 Å². The Morgan fingerprint density at radius 3 is 2.40 bits per heavy atom. The lowest BCUT2D eigenvalue weighted by molar-refractivity contribution is 0.707. The minimum Gasteiger partial charge on any atom is -0.379 e. The Hall–Kier alpha value is -1.48. The summed E-state index contributed by atoms with van der Waals surface area (Å²) in [4.78, 5) is 0. The molecule has 4 heteroatoms. The van der Waals surface area contributed by atoms with Gasteiger partial charge in [0.25, 0.3) is 0 Å². The molecule has 2 aromatic rings. The van der Waals surface area contributed by atoms with Gasteiger partial charge in [0.1, 0.15) is 0 Å². The van der Waals surface area contributed by atoms with Gasteiger partial charge in [0.05, 0.1) is 23.0 Å². The summed E-state index contributed by atoms with van der Waals surface area (Å²) in [5.41, 5.74) is 4.43. The van der Waals surface area contributed by atoms with E-state index in [0.29, 0.717) is 12.5 Å². The number of benzene rings is 1. The van der Waals surface area contributed by atoms with Crippen molar-refractivity contribution in [1.29, 1.82) is 0 Å². The molecule has 0 bridgehead atoms. The molecule has 0 radical (unpaired) electrons. The highest BCUT2D eigenvalue weighted by Gasteiger charge is 2.12. The Kier molecular flexibility index (Phi) is 4.71. The number of nitrogens with zero attached hydrogens (tertiary/aromatic N) is 2. The summed E-state index contributed by atoms with van der Waals surface area (Å²) < 4.78 is 1.86. The van der Waals surface area contributed by atoms with Crippen LogP contribution >= 0.6 is 11.6 Å². The Bertz CT molecular complexity index is 570. The molecule has 0 unspecified atom stereocenters. The van der Waals surface area contributed by atoms with E-state index in [1.165, 1.54) is 5.56 Å². The Morgan fingerprint density at radius 2 is 1.90 bits per heavy atom. The third-order valence-electron chi connectivity index (χ3n) is 3.54. The molecular formula is C16H22ClN3. The van der Waals surface area contributed by atoms with Gasteiger partial charge in [-0.1, -0.05) is 44.5 Å². The van der Waals surface area contributed by atoms with E-state index in [-0.39, 0.29) is 0 Å². The molecule has 0 aliphatic heterocycles. The van der Waals surface area contributed by atoms with Crippen LogP contribution in [-0.4, -0.2) is 9.78 Å². The van der Waals surface area contributed by atoms with Crippen LogP contribution in [0.2, 0.25) is 5.02 Å². The van der Waals surface area contributed by atoms with Crippen LogP contribution in [0.15, 0.2) is 24.3 Å². The Morgan fingerprint density at radius 1 is 1.25 bits per heavy atom. The fraction of sp³-hybridized carbons (Fsp3) is 0.438. The molecule has 1 N–H and O–H groups in total. The molecular weight excluding hydrogens is 270 g/mol. The lowest BCUT2D eigenvalue weighted by Gasteiger charge is -2.10. The van der Waals surface area contributed by atoms with Crippen molar-refractivity contribution in [3.05, 3.63) is 46.2 Å². The summed E-state index contributed by atoms with van der Waals surface area (Å²) in [6.07, 6.45) is 0.857. The standard InChI is InChI=1S/C16H22ClN3/c1-5-14-16(17)15(20(4)19-14)10-18-13-8-6-12(7-9-13)11(2)3/h6-9,11,18H,5,10H2,1-4H3. The highest BCUT2D eigenvalue weighted by molar-refractivity contribution is 6.31. The Labute approximate surface area is 126 Å². The first-order valence-electron chi connectivity index (χ1n) is 7.07.